The number of hydrogen-bond acceptors (Lipinski definition) is 5. The highest BCUT2D eigenvalue weighted by Gasteiger charge is 2.21. The molecule has 1 atom stereocenters. The second-order valence-corrected chi connectivity index (χ2v) is 5.62. The molecule has 1 aromatic rings. The summed E-state index contributed by atoms with van der Waals surface area (Å²) in [4.78, 5) is 4.81. The maximum atomic E-state index is 8.47. The van der Waals surface area contributed by atoms with Crippen molar-refractivity contribution in [3.05, 3.63) is 29.8 Å². The van der Waals surface area contributed by atoms with E-state index in [0.29, 0.717) is 6.04 Å². The topological polar surface area (TPSA) is 51.5 Å². The smallest absolute Gasteiger partial charge is 0.174 e. The van der Waals surface area contributed by atoms with Gasteiger partial charge in [-0.25, -0.2) is 0 Å². The quantitative estimate of drug-likeness (QED) is 0.844. The summed E-state index contributed by atoms with van der Waals surface area (Å²) < 4.78 is 5.24. The number of benzene rings is 1. The summed E-state index contributed by atoms with van der Waals surface area (Å²) in [5.41, 5.74) is 1.23. The van der Waals surface area contributed by atoms with Crippen molar-refractivity contribution in [2.24, 2.45) is 0 Å². The van der Waals surface area contributed by atoms with Crippen molar-refractivity contribution in [2.75, 3.05) is 46.9 Å². The standard InChI is InChI=1S/C16H24N4O/c1-19-8-9-20(2)15(13-19)12-18-11-14-3-5-16(6-4-14)21-10-7-17/h3-6,15,18H,8-13H2,1-2H3. The Hall–Kier alpha value is -1.61. The Bertz CT molecular complexity index is 468. The largest absolute Gasteiger partial charge is 0.479 e. The lowest BCUT2D eigenvalue weighted by atomic mass is 10.1. The lowest BCUT2D eigenvalue weighted by Gasteiger charge is -2.37. The average Bonchev–Trinajstić information content (AvgIpc) is 2.50. The van der Waals surface area contributed by atoms with Crippen molar-refractivity contribution in [1.29, 1.82) is 5.26 Å². The summed E-state index contributed by atoms with van der Waals surface area (Å²) in [6.45, 7) is 5.34. The van der Waals surface area contributed by atoms with Crippen molar-refractivity contribution in [1.82, 2.24) is 15.1 Å². The van der Waals surface area contributed by atoms with E-state index in [1.54, 1.807) is 0 Å². The van der Waals surface area contributed by atoms with Crippen LogP contribution in [-0.4, -0.2) is 62.7 Å². The fourth-order valence-corrected chi connectivity index (χ4v) is 2.52. The molecule has 1 heterocycles. The van der Waals surface area contributed by atoms with Crippen molar-refractivity contribution in [3.8, 4) is 11.8 Å². The normalized spacial score (nSPS) is 20.1. The summed E-state index contributed by atoms with van der Waals surface area (Å²) in [6, 6.07) is 10.4. The summed E-state index contributed by atoms with van der Waals surface area (Å²) in [5.74, 6) is 0.744. The van der Waals surface area contributed by atoms with Gasteiger partial charge in [-0.3, -0.25) is 4.90 Å². The summed E-state index contributed by atoms with van der Waals surface area (Å²) >= 11 is 0. The molecule has 0 saturated carbocycles. The zero-order valence-corrected chi connectivity index (χ0v) is 12.9. The van der Waals surface area contributed by atoms with Gasteiger partial charge in [0.05, 0.1) is 0 Å². The van der Waals surface area contributed by atoms with Gasteiger partial charge in [0.15, 0.2) is 6.61 Å². The molecule has 1 N–H and O–H groups in total. The molecule has 0 radical (unpaired) electrons. The highest BCUT2D eigenvalue weighted by atomic mass is 16.5. The van der Waals surface area contributed by atoms with Gasteiger partial charge in [-0.2, -0.15) is 5.26 Å². The summed E-state index contributed by atoms with van der Waals surface area (Å²) in [7, 11) is 4.38. The molecule has 1 saturated heterocycles. The first-order valence-electron chi connectivity index (χ1n) is 7.37. The zero-order valence-electron chi connectivity index (χ0n) is 12.9. The number of ether oxygens (including phenoxy) is 1. The third-order valence-electron chi connectivity index (χ3n) is 3.92. The molecule has 1 unspecified atom stereocenters. The van der Waals surface area contributed by atoms with Gasteiger partial charge in [0.1, 0.15) is 11.8 Å². The minimum absolute atomic E-state index is 0.0964. The SMILES string of the molecule is CN1CCN(C)C(CNCc2ccc(OCC#N)cc2)C1. The van der Waals surface area contributed by atoms with Crippen LogP contribution in [0.2, 0.25) is 0 Å². The van der Waals surface area contributed by atoms with Crippen LogP contribution < -0.4 is 10.1 Å². The molecule has 0 aliphatic carbocycles. The second-order valence-electron chi connectivity index (χ2n) is 5.62. The highest BCUT2D eigenvalue weighted by molar-refractivity contribution is 5.27. The maximum absolute atomic E-state index is 8.47. The molecule has 1 aliphatic heterocycles. The van der Waals surface area contributed by atoms with Gasteiger partial charge >= 0.3 is 0 Å². The fraction of sp³-hybridized carbons (Fsp3) is 0.562. The van der Waals surface area contributed by atoms with E-state index < -0.39 is 0 Å². The van der Waals surface area contributed by atoms with Gasteiger partial charge < -0.3 is 15.0 Å². The van der Waals surface area contributed by atoms with Crippen LogP contribution in [0.5, 0.6) is 5.75 Å². The van der Waals surface area contributed by atoms with Crippen LogP contribution in [0, 0.1) is 11.3 Å². The predicted octanol–water partition coefficient (Wildman–Crippen LogP) is 0.924. The van der Waals surface area contributed by atoms with Crippen molar-refractivity contribution in [2.45, 2.75) is 12.6 Å². The molecule has 21 heavy (non-hydrogen) atoms. The second kappa shape index (κ2) is 7.99. The number of nitrogens with zero attached hydrogens (tertiary/aromatic N) is 3. The number of nitriles is 1. The van der Waals surface area contributed by atoms with Gasteiger partial charge in [0.2, 0.25) is 0 Å². The summed E-state index contributed by atoms with van der Waals surface area (Å²) in [6.07, 6.45) is 0. The van der Waals surface area contributed by atoms with Gasteiger partial charge in [-0.1, -0.05) is 12.1 Å². The van der Waals surface area contributed by atoms with E-state index in [0.717, 1.165) is 38.5 Å². The van der Waals surface area contributed by atoms with Gasteiger partial charge in [0, 0.05) is 38.8 Å². The molecular formula is C16H24N4O. The van der Waals surface area contributed by atoms with Crippen LogP contribution in [0.25, 0.3) is 0 Å². The van der Waals surface area contributed by atoms with Gasteiger partial charge in [0.25, 0.3) is 0 Å². The van der Waals surface area contributed by atoms with Crippen molar-refractivity contribution in [3.63, 3.8) is 0 Å². The van der Waals surface area contributed by atoms with Crippen molar-refractivity contribution >= 4 is 0 Å². The van der Waals surface area contributed by atoms with E-state index in [-0.39, 0.29) is 6.61 Å². The highest BCUT2D eigenvalue weighted by Crippen LogP contribution is 2.12. The molecule has 1 aromatic carbocycles. The van der Waals surface area contributed by atoms with Crippen molar-refractivity contribution < 1.29 is 4.74 Å². The molecule has 0 spiro atoms. The van der Waals surface area contributed by atoms with E-state index in [9.17, 15) is 0 Å². The molecule has 5 heteroatoms. The Kier molecular flexibility index (Phi) is 6.00. The molecule has 5 nitrogen and oxygen atoms in total. The molecule has 2 rings (SSSR count). The molecule has 0 amide bonds. The van der Waals surface area contributed by atoms with E-state index >= 15 is 0 Å². The number of piperazine rings is 1. The number of nitrogens with one attached hydrogen (secondary N) is 1. The van der Waals surface area contributed by atoms with Crippen LogP contribution in [0.1, 0.15) is 5.56 Å². The molecule has 0 aromatic heterocycles. The maximum Gasteiger partial charge on any atom is 0.174 e. The first-order chi connectivity index (χ1) is 10.2. The Morgan fingerprint density at radius 2 is 2.05 bits per heavy atom. The number of hydrogen-bond donors (Lipinski definition) is 1. The van der Waals surface area contributed by atoms with E-state index in [1.165, 1.54) is 5.56 Å². The third kappa shape index (κ3) is 5.01. The lowest BCUT2D eigenvalue weighted by molar-refractivity contribution is 0.113. The Balaban J connectivity index is 1.74. The number of likely N-dealkylation sites (N-methyl/N-ethyl adjacent to an activating group) is 2. The van der Waals surface area contributed by atoms with E-state index in [1.807, 2.05) is 30.3 Å². The van der Waals surface area contributed by atoms with Gasteiger partial charge in [-0.05, 0) is 31.8 Å². The van der Waals surface area contributed by atoms with Crippen LogP contribution in [0.4, 0.5) is 0 Å². The van der Waals surface area contributed by atoms with Crippen LogP contribution in [0.15, 0.2) is 24.3 Å². The lowest BCUT2D eigenvalue weighted by Crippen LogP contribution is -2.53. The fourth-order valence-electron chi connectivity index (χ4n) is 2.52. The number of rotatable bonds is 6. The first-order valence-corrected chi connectivity index (χ1v) is 7.37. The zero-order chi connectivity index (χ0) is 15.1. The van der Waals surface area contributed by atoms with E-state index in [4.69, 9.17) is 10.00 Å². The Morgan fingerprint density at radius 1 is 1.29 bits per heavy atom. The average molecular weight is 288 g/mol. The Morgan fingerprint density at radius 3 is 2.76 bits per heavy atom. The molecule has 114 valence electrons. The Labute approximate surface area is 127 Å². The van der Waals surface area contributed by atoms with Crippen LogP contribution in [0.3, 0.4) is 0 Å². The predicted molar refractivity (Wildman–Crippen MR) is 83.2 cm³/mol. The van der Waals surface area contributed by atoms with Crippen LogP contribution >= 0.6 is 0 Å². The minimum atomic E-state index is 0.0964. The summed E-state index contributed by atoms with van der Waals surface area (Å²) in [5, 5.41) is 12.0. The minimum Gasteiger partial charge on any atom is -0.479 e. The third-order valence-corrected chi connectivity index (χ3v) is 3.92. The molecular weight excluding hydrogens is 264 g/mol. The first kappa shape index (κ1) is 15.8. The molecule has 0 bridgehead atoms. The molecule has 1 aliphatic rings. The van der Waals surface area contributed by atoms with Crippen LogP contribution in [-0.2, 0) is 6.54 Å². The van der Waals surface area contributed by atoms with Gasteiger partial charge in [-0.15, -0.1) is 0 Å². The monoisotopic (exact) mass is 288 g/mol. The van der Waals surface area contributed by atoms with E-state index in [2.05, 4.69) is 29.2 Å². The molecule has 1 fully saturated rings.